The standard InChI is InChI=1S/C23H28N2O4/c1-15-8-9-17(14-16(15)2)23(27)25-12-10-18(11-13-25)24-22(26)21-19(28-3)6-5-7-20(21)29-4/h5-9,14,18H,10-13H2,1-4H3,(H,24,26). The van der Waals surface area contributed by atoms with E-state index in [2.05, 4.69) is 5.32 Å². The Balaban J connectivity index is 1.62. The number of nitrogens with one attached hydrogen (secondary N) is 1. The van der Waals surface area contributed by atoms with Gasteiger partial charge in [0.25, 0.3) is 11.8 Å². The number of benzene rings is 2. The second kappa shape index (κ2) is 8.99. The van der Waals surface area contributed by atoms with Crippen molar-refractivity contribution in [3.8, 4) is 11.5 Å². The Morgan fingerprint density at radius 3 is 2.14 bits per heavy atom. The maximum absolute atomic E-state index is 12.8. The SMILES string of the molecule is COc1cccc(OC)c1C(=O)NC1CCN(C(=O)c2ccc(C)c(C)c2)CC1. The molecule has 0 unspecified atom stereocenters. The van der Waals surface area contributed by atoms with Gasteiger partial charge >= 0.3 is 0 Å². The van der Waals surface area contributed by atoms with Gasteiger partial charge < -0.3 is 19.7 Å². The molecule has 3 rings (SSSR count). The number of rotatable bonds is 5. The highest BCUT2D eigenvalue weighted by Crippen LogP contribution is 2.28. The minimum atomic E-state index is -0.224. The summed E-state index contributed by atoms with van der Waals surface area (Å²) >= 11 is 0. The Hall–Kier alpha value is -3.02. The second-order valence-electron chi connectivity index (χ2n) is 7.38. The topological polar surface area (TPSA) is 67.9 Å². The molecule has 0 atom stereocenters. The molecule has 0 aliphatic carbocycles. The number of ether oxygens (including phenoxy) is 2. The summed E-state index contributed by atoms with van der Waals surface area (Å²) in [5.74, 6) is 0.774. The van der Waals surface area contributed by atoms with Crippen LogP contribution in [0, 0.1) is 13.8 Å². The molecule has 29 heavy (non-hydrogen) atoms. The Morgan fingerprint density at radius 2 is 1.59 bits per heavy atom. The molecule has 154 valence electrons. The van der Waals surface area contributed by atoms with E-state index in [1.165, 1.54) is 19.8 Å². The smallest absolute Gasteiger partial charge is 0.259 e. The van der Waals surface area contributed by atoms with Crippen molar-refractivity contribution >= 4 is 11.8 Å². The van der Waals surface area contributed by atoms with E-state index < -0.39 is 0 Å². The molecule has 0 aromatic heterocycles. The zero-order valence-electron chi connectivity index (χ0n) is 17.5. The minimum absolute atomic E-state index is 0.000854. The molecule has 0 bridgehead atoms. The molecular formula is C23H28N2O4. The fraction of sp³-hybridized carbons (Fsp3) is 0.391. The van der Waals surface area contributed by atoms with E-state index in [0.717, 1.165) is 5.56 Å². The summed E-state index contributed by atoms with van der Waals surface area (Å²) in [6.07, 6.45) is 1.42. The first kappa shape index (κ1) is 20.7. The fourth-order valence-corrected chi connectivity index (χ4v) is 3.62. The lowest BCUT2D eigenvalue weighted by Gasteiger charge is -2.32. The van der Waals surface area contributed by atoms with Crippen LogP contribution in [0.3, 0.4) is 0 Å². The van der Waals surface area contributed by atoms with Gasteiger partial charge in [0.05, 0.1) is 14.2 Å². The quantitative estimate of drug-likeness (QED) is 0.842. The Labute approximate surface area is 171 Å². The zero-order chi connectivity index (χ0) is 21.0. The van der Waals surface area contributed by atoms with Crippen LogP contribution in [0.2, 0.25) is 0 Å². The number of piperidine rings is 1. The van der Waals surface area contributed by atoms with Gasteiger partial charge in [-0.25, -0.2) is 0 Å². The highest BCUT2D eigenvalue weighted by Gasteiger charge is 2.27. The van der Waals surface area contributed by atoms with Crippen molar-refractivity contribution in [1.82, 2.24) is 10.2 Å². The maximum atomic E-state index is 12.8. The number of methoxy groups -OCH3 is 2. The van der Waals surface area contributed by atoms with Crippen molar-refractivity contribution in [2.75, 3.05) is 27.3 Å². The third-order valence-electron chi connectivity index (χ3n) is 5.53. The van der Waals surface area contributed by atoms with Crippen molar-refractivity contribution in [3.63, 3.8) is 0 Å². The van der Waals surface area contributed by atoms with Crippen molar-refractivity contribution in [2.45, 2.75) is 32.7 Å². The van der Waals surface area contributed by atoms with Crippen LogP contribution in [0.5, 0.6) is 11.5 Å². The van der Waals surface area contributed by atoms with Crippen LogP contribution in [-0.4, -0.2) is 50.1 Å². The number of amides is 2. The van der Waals surface area contributed by atoms with Gasteiger partial charge in [0.2, 0.25) is 0 Å². The molecule has 2 aromatic rings. The molecule has 6 heteroatoms. The van der Waals surface area contributed by atoms with E-state index in [1.54, 1.807) is 18.2 Å². The van der Waals surface area contributed by atoms with Gasteiger partial charge in [-0.2, -0.15) is 0 Å². The number of nitrogens with zero attached hydrogens (tertiary/aromatic N) is 1. The fourth-order valence-electron chi connectivity index (χ4n) is 3.62. The molecule has 1 N–H and O–H groups in total. The lowest BCUT2D eigenvalue weighted by molar-refractivity contribution is 0.0697. The summed E-state index contributed by atoms with van der Waals surface area (Å²) in [7, 11) is 3.06. The highest BCUT2D eigenvalue weighted by atomic mass is 16.5. The van der Waals surface area contributed by atoms with Crippen LogP contribution in [0.1, 0.15) is 44.7 Å². The normalized spacial score (nSPS) is 14.4. The molecule has 1 fully saturated rings. The van der Waals surface area contributed by atoms with E-state index in [9.17, 15) is 9.59 Å². The van der Waals surface area contributed by atoms with Gasteiger partial charge in [-0.05, 0) is 62.1 Å². The summed E-state index contributed by atoms with van der Waals surface area (Å²) < 4.78 is 10.6. The number of carbonyl (C=O) groups is 2. The molecular weight excluding hydrogens is 368 g/mol. The monoisotopic (exact) mass is 396 g/mol. The van der Waals surface area contributed by atoms with E-state index in [1.807, 2.05) is 36.9 Å². The van der Waals surface area contributed by atoms with Crippen LogP contribution in [0.25, 0.3) is 0 Å². The largest absolute Gasteiger partial charge is 0.496 e. The number of carbonyl (C=O) groups excluding carboxylic acids is 2. The molecule has 1 aliphatic rings. The molecule has 0 saturated carbocycles. The van der Waals surface area contributed by atoms with E-state index >= 15 is 0 Å². The van der Waals surface area contributed by atoms with E-state index in [-0.39, 0.29) is 17.9 Å². The summed E-state index contributed by atoms with van der Waals surface area (Å²) in [5.41, 5.74) is 3.40. The third kappa shape index (κ3) is 4.53. The predicted octanol–water partition coefficient (Wildman–Crippen LogP) is 3.36. The molecule has 1 aliphatic heterocycles. The number of aryl methyl sites for hydroxylation is 2. The number of hydrogen-bond donors (Lipinski definition) is 1. The van der Waals surface area contributed by atoms with E-state index in [4.69, 9.17) is 9.47 Å². The van der Waals surface area contributed by atoms with Crippen molar-refractivity contribution < 1.29 is 19.1 Å². The van der Waals surface area contributed by atoms with Crippen LogP contribution < -0.4 is 14.8 Å². The van der Waals surface area contributed by atoms with Crippen molar-refractivity contribution in [3.05, 3.63) is 58.7 Å². The van der Waals surface area contributed by atoms with Crippen molar-refractivity contribution in [2.24, 2.45) is 0 Å². The van der Waals surface area contributed by atoms with Gasteiger partial charge in [-0.3, -0.25) is 9.59 Å². The lowest BCUT2D eigenvalue weighted by atomic mass is 10.0. The van der Waals surface area contributed by atoms with Gasteiger partial charge in [0.15, 0.2) is 0 Å². The Morgan fingerprint density at radius 1 is 0.966 bits per heavy atom. The highest BCUT2D eigenvalue weighted by molar-refractivity contribution is 6.00. The van der Waals surface area contributed by atoms with Crippen molar-refractivity contribution in [1.29, 1.82) is 0 Å². The second-order valence-corrected chi connectivity index (χ2v) is 7.38. The molecule has 2 aromatic carbocycles. The minimum Gasteiger partial charge on any atom is -0.496 e. The molecule has 0 spiro atoms. The van der Waals surface area contributed by atoms with E-state index in [0.29, 0.717) is 48.6 Å². The van der Waals surface area contributed by atoms with Crippen LogP contribution in [0.4, 0.5) is 0 Å². The van der Waals surface area contributed by atoms with Gasteiger partial charge in [-0.15, -0.1) is 0 Å². The Kier molecular flexibility index (Phi) is 6.42. The zero-order valence-corrected chi connectivity index (χ0v) is 17.5. The van der Waals surface area contributed by atoms with Crippen LogP contribution in [0.15, 0.2) is 36.4 Å². The first-order valence-corrected chi connectivity index (χ1v) is 9.83. The summed E-state index contributed by atoms with van der Waals surface area (Å²) in [5, 5.41) is 3.06. The lowest BCUT2D eigenvalue weighted by Crippen LogP contribution is -2.46. The number of likely N-dealkylation sites (tertiary alicyclic amines) is 1. The van der Waals surface area contributed by atoms with Crippen LogP contribution in [-0.2, 0) is 0 Å². The Bertz CT molecular complexity index is 879. The summed E-state index contributed by atoms with van der Waals surface area (Å²) in [4.78, 5) is 27.5. The molecule has 6 nitrogen and oxygen atoms in total. The maximum Gasteiger partial charge on any atom is 0.259 e. The van der Waals surface area contributed by atoms with Gasteiger partial charge in [-0.1, -0.05) is 12.1 Å². The molecule has 0 radical (unpaired) electrons. The summed E-state index contributed by atoms with van der Waals surface area (Å²) in [6.45, 7) is 5.27. The van der Waals surface area contributed by atoms with Gasteiger partial charge in [0.1, 0.15) is 17.1 Å². The third-order valence-corrected chi connectivity index (χ3v) is 5.53. The average Bonchev–Trinajstić information content (AvgIpc) is 2.75. The van der Waals surface area contributed by atoms with Gasteiger partial charge in [0, 0.05) is 24.7 Å². The number of hydrogen-bond acceptors (Lipinski definition) is 4. The first-order chi connectivity index (χ1) is 13.9. The first-order valence-electron chi connectivity index (χ1n) is 9.83. The molecule has 1 saturated heterocycles. The average molecular weight is 396 g/mol. The van der Waals surface area contributed by atoms with Crippen LogP contribution >= 0.6 is 0 Å². The predicted molar refractivity (Wildman–Crippen MR) is 112 cm³/mol. The molecule has 2 amide bonds. The summed E-state index contributed by atoms with van der Waals surface area (Å²) in [6, 6.07) is 11.1. The molecule has 1 heterocycles.